The van der Waals surface area contributed by atoms with E-state index in [1.807, 2.05) is 12.4 Å². The van der Waals surface area contributed by atoms with Crippen molar-refractivity contribution in [1.82, 2.24) is 14.4 Å². The van der Waals surface area contributed by atoms with E-state index >= 15 is 0 Å². The van der Waals surface area contributed by atoms with E-state index in [9.17, 15) is 0 Å². The lowest BCUT2D eigenvalue weighted by molar-refractivity contribution is 0.564. The van der Waals surface area contributed by atoms with E-state index in [2.05, 4.69) is 54.4 Å². The average Bonchev–Trinajstić information content (AvgIpc) is 3.31. The largest absolute Gasteiger partial charge is 0.295 e. The van der Waals surface area contributed by atoms with Crippen molar-refractivity contribution in [2.45, 2.75) is 57.3 Å². The summed E-state index contributed by atoms with van der Waals surface area (Å²) in [5.74, 6) is 1.54. The van der Waals surface area contributed by atoms with Crippen molar-refractivity contribution in [3.63, 3.8) is 0 Å². The minimum atomic E-state index is 0.0430. The predicted octanol–water partition coefficient (Wildman–Crippen LogP) is 5.70. The first kappa shape index (κ1) is 14.7. The molecule has 3 heteroatoms. The van der Waals surface area contributed by atoms with Crippen LogP contribution in [0.15, 0.2) is 36.7 Å². The van der Waals surface area contributed by atoms with Gasteiger partial charge in [0.15, 0.2) is 0 Å². The van der Waals surface area contributed by atoms with Gasteiger partial charge in [0.1, 0.15) is 5.65 Å². The molecule has 3 nitrogen and oxygen atoms in total. The molecule has 1 fully saturated rings. The molecular weight excluding hydrogens is 318 g/mol. The second-order valence-electron chi connectivity index (χ2n) is 9.19. The van der Waals surface area contributed by atoms with Gasteiger partial charge in [-0.05, 0) is 71.9 Å². The standard InChI is InChI=1S/C23H23N3/c1-23(2,3)21-9-15-6-7-24-12-18(15)22-25-19-10-16-13-4-5-14(8-13)17(16)11-20(19)26(21)22/h6-7,9-14H,4-5,8H2,1-3H3. The molecule has 2 atom stereocenters. The zero-order chi connectivity index (χ0) is 17.6. The molecule has 0 saturated heterocycles. The molecule has 2 aliphatic carbocycles. The quantitative estimate of drug-likeness (QED) is 0.411. The third kappa shape index (κ3) is 1.78. The number of pyridine rings is 2. The molecule has 26 heavy (non-hydrogen) atoms. The summed E-state index contributed by atoms with van der Waals surface area (Å²) in [6.45, 7) is 6.86. The second kappa shape index (κ2) is 4.64. The number of hydrogen-bond acceptors (Lipinski definition) is 2. The maximum atomic E-state index is 5.10. The first-order valence-corrected chi connectivity index (χ1v) is 9.74. The highest BCUT2D eigenvalue weighted by molar-refractivity contribution is 5.98. The molecule has 130 valence electrons. The van der Waals surface area contributed by atoms with Crippen molar-refractivity contribution in [3.05, 3.63) is 53.5 Å². The molecule has 0 spiro atoms. The highest BCUT2D eigenvalue weighted by atomic mass is 15.0. The minimum absolute atomic E-state index is 0.0430. The van der Waals surface area contributed by atoms with Gasteiger partial charge in [0.25, 0.3) is 0 Å². The maximum Gasteiger partial charge on any atom is 0.147 e. The summed E-state index contributed by atoms with van der Waals surface area (Å²) in [5, 5.41) is 2.36. The number of nitrogens with zero attached hydrogens (tertiary/aromatic N) is 3. The third-order valence-electron chi connectivity index (χ3n) is 6.57. The van der Waals surface area contributed by atoms with Crippen LogP contribution in [-0.4, -0.2) is 14.4 Å². The van der Waals surface area contributed by atoms with Crippen LogP contribution in [0.2, 0.25) is 0 Å². The second-order valence-corrected chi connectivity index (χ2v) is 9.19. The van der Waals surface area contributed by atoms with Gasteiger partial charge < -0.3 is 0 Å². The van der Waals surface area contributed by atoms with Crippen LogP contribution in [0.1, 0.15) is 68.7 Å². The molecule has 0 radical (unpaired) electrons. The Kier molecular flexibility index (Phi) is 2.63. The van der Waals surface area contributed by atoms with Crippen LogP contribution >= 0.6 is 0 Å². The van der Waals surface area contributed by atoms with Crippen LogP contribution < -0.4 is 0 Å². The predicted molar refractivity (Wildman–Crippen MR) is 106 cm³/mol. The van der Waals surface area contributed by atoms with Gasteiger partial charge in [-0.3, -0.25) is 9.38 Å². The van der Waals surface area contributed by atoms with E-state index < -0.39 is 0 Å². The van der Waals surface area contributed by atoms with Gasteiger partial charge in [0.05, 0.1) is 11.0 Å². The highest BCUT2D eigenvalue weighted by Gasteiger charge is 2.37. The highest BCUT2D eigenvalue weighted by Crippen LogP contribution is 2.53. The molecule has 0 N–H and O–H groups in total. The van der Waals surface area contributed by atoms with E-state index in [0.29, 0.717) is 0 Å². The molecule has 1 aromatic carbocycles. The summed E-state index contributed by atoms with van der Waals surface area (Å²) in [5.41, 5.74) is 7.96. The van der Waals surface area contributed by atoms with Crippen LogP contribution in [0.4, 0.5) is 0 Å². The number of imidazole rings is 1. The Balaban J connectivity index is 1.81. The molecule has 0 amide bonds. The first-order chi connectivity index (χ1) is 12.5. The molecule has 6 rings (SSSR count). The summed E-state index contributed by atoms with van der Waals surface area (Å²) in [7, 11) is 0. The lowest BCUT2D eigenvalue weighted by atomic mass is 9.89. The number of benzene rings is 1. The Morgan fingerprint density at radius 3 is 2.58 bits per heavy atom. The normalized spacial score (nSPS) is 22.0. The Morgan fingerprint density at radius 1 is 1.04 bits per heavy atom. The summed E-state index contributed by atoms with van der Waals surface area (Å²) >= 11 is 0. The minimum Gasteiger partial charge on any atom is -0.295 e. The van der Waals surface area contributed by atoms with E-state index in [-0.39, 0.29) is 5.41 Å². The Labute approximate surface area is 153 Å². The Bertz CT molecular complexity index is 1210. The van der Waals surface area contributed by atoms with E-state index in [4.69, 9.17) is 4.98 Å². The zero-order valence-corrected chi connectivity index (χ0v) is 15.6. The van der Waals surface area contributed by atoms with Gasteiger partial charge in [-0.1, -0.05) is 20.8 Å². The number of aromatic nitrogens is 3. The molecule has 3 aromatic heterocycles. The lowest BCUT2D eigenvalue weighted by Gasteiger charge is -2.22. The SMILES string of the molecule is CC(C)(C)c1cc2ccncc2c2nc3cc4c(cc3n12)C1CCC4C1. The fourth-order valence-electron chi connectivity index (χ4n) is 5.32. The molecule has 4 aromatic rings. The molecular formula is C23H23N3. The van der Waals surface area contributed by atoms with Gasteiger partial charge in [-0.2, -0.15) is 0 Å². The molecule has 2 unspecified atom stereocenters. The molecule has 1 saturated carbocycles. The topological polar surface area (TPSA) is 30.2 Å². The van der Waals surface area contributed by atoms with E-state index in [1.54, 1.807) is 11.1 Å². The monoisotopic (exact) mass is 341 g/mol. The van der Waals surface area contributed by atoms with Gasteiger partial charge in [-0.25, -0.2) is 4.98 Å². The summed E-state index contributed by atoms with van der Waals surface area (Å²) < 4.78 is 2.39. The van der Waals surface area contributed by atoms with Gasteiger partial charge in [0.2, 0.25) is 0 Å². The Hall–Kier alpha value is -2.42. The number of fused-ring (bicyclic) bond motifs is 10. The molecule has 0 aliphatic heterocycles. The molecule has 3 heterocycles. The Morgan fingerprint density at radius 2 is 1.81 bits per heavy atom. The summed E-state index contributed by atoms with van der Waals surface area (Å²) in [6.07, 6.45) is 7.90. The summed E-state index contributed by atoms with van der Waals surface area (Å²) in [4.78, 5) is 9.47. The molecule has 2 aliphatic rings. The van der Waals surface area contributed by atoms with Crippen molar-refractivity contribution >= 4 is 27.5 Å². The van der Waals surface area contributed by atoms with Crippen LogP contribution in [0.3, 0.4) is 0 Å². The lowest BCUT2D eigenvalue weighted by Crippen LogP contribution is -2.16. The van der Waals surface area contributed by atoms with Crippen LogP contribution in [0, 0.1) is 0 Å². The van der Waals surface area contributed by atoms with Crippen molar-refractivity contribution < 1.29 is 0 Å². The maximum absolute atomic E-state index is 5.10. The van der Waals surface area contributed by atoms with Crippen molar-refractivity contribution in [1.29, 1.82) is 0 Å². The average molecular weight is 341 g/mol. The van der Waals surface area contributed by atoms with E-state index in [1.165, 1.54) is 35.9 Å². The van der Waals surface area contributed by atoms with Crippen molar-refractivity contribution in [2.24, 2.45) is 0 Å². The van der Waals surface area contributed by atoms with Crippen LogP contribution in [-0.2, 0) is 5.41 Å². The third-order valence-corrected chi connectivity index (χ3v) is 6.57. The smallest absolute Gasteiger partial charge is 0.147 e. The fraction of sp³-hybridized carbons (Fsp3) is 0.391. The van der Waals surface area contributed by atoms with Gasteiger partial charge in [-0.15, -0.1) is 0 Å². The van der Waals surface area contributed by atoms with E-state index in [0.717, 1.165) is 28.4 Å². The summed E-state index contributed by atoms with van der Waals surface area (Å²) in [6, 6.07) is 9.26. The van der Waals surface area contributed by atoms with Crippen LogP contribution in [0.5, 0.6) is 0 Å². The fourth-order valence-corrected chi connectivity index (χ4v) is 5.32. The van der Waals surface area contributed by atoms with Gasteiger partial charge in [0, 0.05) is 28.9 Å². The molecule has 2 bridgehead atoms. The van der Waals surface area contributed by atoms with Crippen molar-refractivity contribution in [2.75, 3.05) is 0 Å². The zero-order valence-electron chi connectivity index (χ0n) is 15.6. The number of hydrogen-bond donors (Lipinski definition) is 0. The first-order valence-electron chi connectivity index (χ1n) is 9.74. The number of rotatable bonds is 0. The van der Waals surface area contributed by atoms with Gasteiger partial charge >= 0.3 is 0 Å². The van der Waals surface area contributed by atoms with Crippen LogP contribution in [0.25, 0.3) is 27.5 Å². The van der Waals surface area contributed by atoms with Crippen molar-refractivity contribution in [3.8, 4) is 0 Å².